The number of carbonyl (C=O) groups excluding carboxylic acids is 3. The summed E-state index contributed by atoms with van der Waals surface area (Å²) >= 11 is 0. The highest BCUT2D eigenvalue weighted by molar-refractivity contribution is 6.15. The molecule has 184 valence electrons. The van der Waals surface area contributed by atoms with Gasteiger partial charge in [-0.15, -0.1) is 0 Å². The number of nitrogens with zero attached hydrogens (tertiary/aromatic N) is 4. The molecule has 0 atom stereocenters. The molecule has 1 aromatic carbocycles. The van der Waals surface area contributed by atoms with E-state index in [1.165, 1.54) is 12.1 Å². The molecule has 0 unspecified atom stereocenters. The number of amides is 3. The van der Waals surface area contributed by atoms with Gasteiger partial charge in [-0.25, -0.2) is 9.37 Å². The van der Waals surface area contributed by atoms with Crippen molar-refractivity contribution in [3.8, 4) is 11.3 Å². The average molecular weight is 490 g/mol. The lowest BCUT2D eigenvalue weighted by Gasteiger charge is -2.27. The summed E-state index contributed by atoms with van der Waals surface area (Å²) in [4.78, 5) is 43.0. The number of imide groups is 1. The highest BCUT2D eigenvalue weighted by Crippen LogP contribution is 2.30. The van der Waals surface area contributed by atoms with Crippen molar-refractivity contribution in [2.45, 2.75) is 25.3 Å². The van der Waals surface area contributed by atoms with Crippen molar-refractivity contribution < 1.29 is 23.5 Å². The molecule has 2 aromatic heterocycles. The number of fused-ring (bicyclic) bond motifs is 1. The first-order valence-electron chi connectivity index (χ1n) is 11.8. The van der Waals surface area contributed by atoms with Gasteiger partial charge in [-0.1, -0.05) is 0 Å². The maximum absolute atomic E-state index is 14.7. The minimum atomic E-state index is -0.598. The largest absolute Gasteiger partial charge is 0.378 e. The van der Waals surface area contributed by atoms with Crippen LogP contribution in [-0.2, 0) is 14.3 Å². The fourth-order valence-corrected chi connectivity index (χ4v) is 4.36. The summed E-state index contributed by atoms with van der Waals surface area (Å²) in [6.07, 6.45) is 5.26. The summed E-state index contributed by atoms with van der Waals surface area (Å²) in [6, 6.07) is 6.51. The molecule has 6 rings (SSSR count). The number of aromatic nitrogens is 3. The normalized spacial score (nSPS) is 19.2. The van der Waals surface area contributed by atoms with Gasteiger partial charge < -0.3 is 15.0 Å². The van der Waals surface area contributed by atoms with Crippen LogP contribution in [-0.4, -0.2) is 69.6 Å². The molecule has 3 fully saturated rings. The van der Waals surface area contributed by atoms with E-state index in [1.54, 1.807) is 27.8 Å². The number of nitrogens with one attached hydrogen (secondary N) is 2. The molecule has 3 aromatic rings. The maximum Gasteiger partial charge on any atom is 0.257 e. The second kappa shape index (κ2) is 8.83. The number of hydrogen-bond acceptors (Lipinski definition) is 7. The third-order valence-electron chi connectivity index (χ3n) is 6.44. The molecule has 3 aliphatic rings. The van der Waals surface area contributed by atoms with E-state index < -0.39 is 11.7 Å². The Morgan fingerprint density at radius 1 is 1.19 bits per heavy atom. The van der Waals surface area contributed by atoms with Crippen LogP contribution in [0.5, 0.6) is 0 Å². The summed E-state index contributed by atoms with van der Waals surface area (Å²) in [5, 5.41) is 10.1. The molecule has 2 N–H and O–H groups in total. The van der Waals surface area contributed by atoms with Gasteiger partial charge in [0.15, 0.2) is 5.65 Å². The minimum absolute atomic E-state index is 0.00593. The van der Waals surface area contributed by atoms with E-state index >= 15 is 0 Å². The first kappa shape index (κ1) is 22.4. The molecular weight excluding hydrogens is 467 g/mol. The van der Waals surface area contributed by atoms with Gasteiger partial charge in [0.25, 0.3) is 11.8 Å². The van der Waals surface area contributed by atoms with Crippen LogP contribution in [0.1, 0.15) is 35.2 Å². The van der Waals surface area contributed by atoms with E-state index in [-0.39, 0.29) is 23.8 Å². The first-order chi connectivity index (χ1) is 17.5. The number of hydrogen-bond donors (Lipinski definition) is 2. The molecule has 1 aliphatic carbocycles. The van der Waals surface area contributed by atoms with Gasteiger partial charge in [-0.3, -0.25) is 19.7 Å². The predicted octanol–water partition coefficient (Wildman–Crippen LogP) is 2.01. The molecular formula is C25H23FN6O4. The van der Waals surface area contributed by atoms with Crippen molar-refractivity contribution in [3.05, 3.63) is 53.0 Å². The number of carbonyl (C=O) groups is 3. The van der Waals surface area contributed by atoms with Gasteiger partial charge in [0, 0.05) is 41.9 Å². The molecule has 0 bridgehead atoms. The van der Waals surface area contributed by atoms with Crippen LogP contribution in [0.4, 0.5) is 10.2 Å². The van der Waals surface area contributed by atoms with E-state index in [1.807, 2.05) is 6.07 Å². The first-order valence-corrected chi connectivity index (χ1v) is 11.8. The summed E-state index contributed by atoms with van der Waals surface area (Å²) in [7, 11) is 0. The maximum atomic E-state index is 14.7. The zero-order chi connectivity index (χ0) is 24.8. The summed E-state index contributed by atoms with van der Waals surface area (Å²) in [6.45, 7) is 1.66. The highest BCUT2D eigenvalue weighted by Gasteiger charge is 2.27. The number of halogens is 1. The average Bonchev–Trinajstić information content (AvgIpc) is 3.52. The molecule has 0 spiro atoms. The van der Waals surface area contributed by atoms with Crippen LogP contribution >= 0.6 is 0 Å². The molecule has 11 heteroatoms. The monoisotopic (exact) mass is 490 g/mol. The van der Waals surface area contributed by atoms with E-state index in [0.29, 0.717) is 66.2 Å². The fourth-order valence-electron chi connectivity index (χ4n) is 4.36. The van der Waals surface area contributed by atoms with E-state index in [9.17, 15) is 18.8 Å². The quantitative estimate of drug-likeness (QED) is 0.415. The summed E-state index contributed by atoms with van der Waals surface area (Å²) in [5.41, 5.74) is 2.45. The van der Waals surface area contributed by atoms with Gasteiger partial charge in [0.1, 0.15) is 11.6 Å². The van der Waals surface area contributed by atoms with Gasteiger partial charge in [0.05, 0.1) is 37.1 Å². The molecule has 0 radical (unpaired) electrons. The van der Waals surface area contributed by atoms with Gasteiger partial charge in [-0.2, -0.15) is 9.61 Å². The highest BCUT2D eigenvalue weighted by atomic mass is 19.1. The third kappa shape index (κ3) is 4.22. The zero-order valence-corrected chi connectivity index (χ0v) is 19.3. The van der Waals surface area contributed by atoms with Crippen molar-refractivity contribution in [1.29, 1.82) is 0 Å². The summed E-state index contributed by atoms with van der Waals surface area (Å²) < 4.78 is 21.7. The van der Waals surface area contributed by atoms with Crippen LogP contribution in [0.3, 0.4) is 0 Å². The molecule has 10 nitrogen and oxygen atoms in total. The minimum Gasteiger partial charge on any atom is -0.378 e. The second-order valence-electron chi connectivity index (χ2n) is 9.10. The molecule has 3 amide bonds. The zero-order valence-electron chi connectivity index (χ0n) is 19.3. The van der Waals surface area contributed by atoms with Gasteiger partial charge in [0.2, 0.25) is 5.91 Å². The number of morpholine rings is 1. The van der Waals surface area contributed by atoms with Crippen LogP contribution in [0, 0.1) is 5.82 Å². The smallest absolute Gasteiger partial charge is 0.257 e. The lowest BCUT2D eigenvalue weighted by Crippen LogP contribution is -2.41. The van der Waals surface area contributed by atoms with Crippen molar-refractivity contribution in [2.24, 2.45) is 0 Å². The predicted molar refractivity (Wildman–Crippen MR) is 127 cm³/mol. The van der Waals surface area contributed by atoms with Crippen LogP contribution in [0.25, 0.3) is 23.0 Å². The van der Waals surface area contributed by atoms with Gasteiger partial charge >= 0.3 is 0 Å². The van der Waals surface area contributed by atoms with Crippen molar-refractivity contribution in [3.63, 3.8) is 0 Å². The number of rotatable bonds is 5. The van der Waals surface area contributed by atoms with E-state index in [0.717, 1.165) is 12.8 Å². The Hall–Kier alpha value is -4.12. The molecule has 1 saturated carbocycles. The Morgan fingerprint density at radius 3 is 2.72 bits per heavy atom. The van der Waals surface area contributed by atoms with Crippen molar-refractivity contribution >= 4 is 35.3 Å². The van der Waals surface area contributed by atoms with Crippen molar-refractivity contribution in [1.82, 2.24) is 24.8 Å². The number of benzene rings is 1. The van der Waals surface area contributed by atoms with Crippen molar-refractivity contribution in [2.75, 3.05) is 31.6 Å². The third-order valence-corrected chi connectivity index (χ3v) is 6.44. The lowest BCUT2D eigenvalue weighted by molar-refractivity contribution is -0.124. The molecule has 2 saturated heterocycles. The SMILES string of the molecule is O=C1C/C(=C\c2cnn3c(NC4CC4)cc(-c4ccc(F)c(C(=O)N5CCOCC5)c4)nc23)C(=O)N1. The second-order valence-corrected chi connectivity index (χ2v) is 9.10. The lowest BCUT2D eigenvalue weighted by atomic mass is 10.1. The van der Waals surface area contributed by atoms with Gasteiger partial charge in [-0.05, 0) is 37.1 Å². The molecule has 4 heterocycles. The Kier molecular flexibility index (Phi) is 5.48. The topological polar surface area (TPSA) is 118 Å². The Labute approximate surface area is 205 Å². The van der Waals surface area contributed by atoms with Crippen LogP contribution < -0.4 is 10.6 Å². The Balaban J connectivity index is 1.43. The van der Waals surface area contributed by atoms with E-state index in [4.69, 9.17) is 9.72 Å². The number of ether oxygens (including phenoxy) is 1. The fraction of sp³-hybridized carbons (Fsp3) is 0.320. The summed E-state index contributed by atoms with van der Waals surface area (Å²) in [5.74, 6) is -1.08. The molecule has 2 aliphatic heterocycles. The Morgan fingerprint density at radius 2 is 2.00 bits per heavy atom. The van der Waals surface area contributed by atoms with Crippen LogP contribution in [0.15, 0.2) is 36.0 Å². The van der Waals surface area contributed by atoms with E-state index in [2.05, 4.69) is 15.7 Å². The van der Waals surface area contributed by atoms with Crippen LogP contribution in [0.2, 0.25) is 0 Å². The molecule has 36 heavy (non-hydrogen) atoms. The Bertz CT molecular complexity index is 1440. The standard InChI is InChI=1S/C25H23FN6O4/c26-19-4-1-14(10-18(19)25(35)31-5-7-36-8-6-31)20-12-21(28-17-2-3-17)32-23(29-20)16(13-27-32)9-15-11-22(33)30-24(15)34/h1,4,9-10,12-13,17,28H,2-3,5-8,11H2,(H,30,33,34)/b15-9+. The number of anilines is 1.